The lowest BCUT2D eigenvalue weighted by Crippen LogP contribution is -2.02. The monoisotopic (exact) mass is 405 g/mol. The average Bonchev–Trinajstić information content (AvgIpc) is 3.19. The van der Waals surface area contributed by atoms with Crippen LogP contribution in [-0.2, 0) is 0 Å². The third-order valence-electron chi connectivity index (χ3n) is 6.09. The summed E-state index contributed by atoms with van der Waals surface area (Å²) in [6.07, 6.45) is 0. The first kappa shape index (κ1) is 18.7. The largest absolute Gasteiger partial charge is 0.309 e. The van der Waals surface area contributed by atoms with Crippen LogP contribution in [0.3, 0.4) is 0 Å². The Morgan fingerprint density at radius 2 is 1.16 bits per heavy atom. The van der Waals surface area contributed by atoms with Crippen LogP contribution < -0.4 is 5.46 Å². The third kappa shape index (κ3) is 3.04. The third-order valence-corrected chi connectivity index (χ3v) is 6.09. The highest BCUT2D eigenvalue weighted by molar-refractivity contribution is 6.33. The average molecular weight is 405 g/mol. The summed E-state index contributed by atoms with van der Waals surface area (Å²) >= 11 is 0. The van der Waals surface area contributed by atoms with Crippen LogP contribution in [0.5, 0.6) is 0 Å². The number of hydrogen-bond donors (Lipinski definition) is 0. The van der Waals surface area contributed by atoms with Crippen molar-refractivity contribution in [3.63, 3.8) is 0 Å². The molecule has 0 saturated heterocycles. The molecule has 0 unspecified atom stereocenters. The van der Waals surface area contributed by atoms with Crippen molar-refractivity contribution in [3.8, 4) is 27.9 Å². The number of rotatable bonds is 3. The first-order valence-corrected chi connectivity index (χ1v) is 10.8. The minimum atomic E-state index is 0.769. The molecule has 6 rings (SSSR count). The van der Waals surface area contributed by atoms with E-state index in [1.165, 1.54) is 32.9 Å². The van der Waals surface area contributed by atoms with Gasteiger partial charge < -0.3 is 4.57 Å². The maximum atomic E-state index is 6.38. The van der Waals surface area contributed by atoms with Gasteiger partial charge in [0, 0.05) is 16.5 Å². The van der Waals surface area contributed by atoms with Crippen LogP contribution in [0, 0.1) is 0 Å². The molecule has 0 spiro atoms. The molecule has 0 fully saturated rings. The Labute approximate surface area is 189 Å². The van der Waals surface area contributed by atoms with Crippen molar-refractivity contribution in [2.24, 2.45) is 0 Å². The predicted octanol–water partition coefficient (Wildman–Crippen LogP) is 6.91. The van der Waals surface area contributed by atoms with Crippen LogP contribution in [0.4, 0.5) is 0 Å². The molecular weight excluding hydrogens is 385 g/mol. The maximum absolute atomic E-state index is 6.38. The number of nitrogens with zero attached hydrogens (tertiary/aromatic N) is 1. The molecule has 1 nitrogen and oxygen atoms in total. The van der Waals surface area contributed by atoms with Crippen LogP contribution in [0.15, 0.2) is 121 Å². The second kappa shape index (κ2) is 7.58. The van der Waals surface area contributed by atoms with Crippen molar-refractivity contribution in [1.82, 2.24) is 4.57 Å². The highest BCUT2D eigenvalue weighted by Gasteiger charge is 2.16. The molecule has 0 bridgehead atoms. The van der Waals surface area contributed by atoms with E-state index in [1.807, 2.05) is 12.1 Å². The smallest absolute Gasteiger partial charge is 0.113 e. The summed E-state index contributed by atoms with van der Waals surface area (Å²) in [5.74, 6) is 0. The van der Waals surface area contributed by atoms with Crippen LogP contribution in [-0.4, -0.2) is 12.4 Å². The standard InChI is InChI=1S/C30H20BN/c31-24-19-22(21-10-3-1-4-11-21)18-23(20-24)26-15-9-17-29-30(26)27-14-7-8-16-28(27)32(29)25-12-5-2-6-13-25/h1-20H. The van der Waals surface area contributed by atoms with Gasteiger partial charge in [-0.15, -0.1) is 0 Å². The van der Waals surface area contributed by atoms with Gasteiger partial charge in [0.05, 0.1) is 11.0 Å². The van der Waals surface area contributed by atoms with Crippen molar-refractivity contribution in [2.45, 2.75) is 0 Å². The fraction of sp³-hybridized carbons (Fsp3) is 0. The Bertz CT molecular complexity index is 1560. The van der Waals surface area contributed by atoms with E-state index in [-0.39, 0.29) is 0 Å². The van der Waals surface area contributed by atoms with Gasteiger partial charge in [0.15, 0.2) is 0 Å². The number of para-hydroxylation sites is 2. The van der Waals surface area contributed by atoms with E-state index >= 15 is 0 Å². The zero-order valence-corrected chi connectivity index (χ0v) is 17.6. The molecule has 1 aromatic heterocycles. The first-order chi connectivity index (χ1) is 15.8. The van der Waals surface area contributed by atoms with Crippen molar-refractivity contribution < 1.29 is 0 Å². The lowest BCUT2D eigenvalue weighted by molar-refractivity contribution is 1.18. The van der Waals surface area contributed by atoms with E-state index < -0.39 is 0 Å². The molecule has 5 aromatic carbocycles. The zero-order chi connectivity index (χ0) is 21.5. The van der Waals surface area contributed by atoms with Gasteiger partial charge in [-0.1, -0.05) is 96.5 Å². The lowest BCUT2D eigenvalue weighted by Gasteiger charge is -2.11. The van der Waals surface area contributed by atoms with E-state index in [1.54, 1.807) is 0 Å². The number of benzene rings is 5. The van der Waals surface area contributed by atoms with Gasteiger partial charge in [0.25, 0.3) is 0 Å². The Kier molecular flexibility index (Phi) is 4.43. The van der Waals surface area contributed by atoms with Crippen molar-refractivity contribution in [2.75, 3.05) is 0 Å². The van der Waals surface area contributed by atoms with Gasteiger partial charge in [-0.2, -0.15) is 0 Å². The van der Waals surface area contributed by atoms with Crippen LogP contribution >= 0.6 is 0 Å². The molecule has 0 atom stereocenters. The second-order valence-electron chi connectivity index (χ2n) is 8.10. The molecule has 1 heterocycles. The second-order valence-corrected chi connectivity index (χ2v) is 8.10. The highest BCUT2D eigenvalue weighted by Crippen LogP contribution is 2.38. The van der Waals surface area contributed by atoms with E-state index in [2.05, 4.69) is 114 Å². The predicted molar refractivity (Wildman–Crippen MR) is 137 cm³/mol. The number of hydrogen-bond acceptors (Lipinski definition) is 0. The van der Waals surface area contributed by atoms with E-state index in [4.69, 9.17) is 7.85 Å². The summed E-state index contributed by atoms with van der Waals surface area (Å²) < 4.78 is 2.35. The lowest BCUT2D eigenvalue weighted by atomic mass is 9.87. The summed E-state index contributed by atoms with van der Waals surface area (Å²) in [6, 6.07) is 42.5. The van der Waals surface area contributed by atoms with E-state index in [0.29, 0.717) is 0 Å². The summed E-state index contributed by atoms with van der Waals surface area (Å²) in [6.45, 7) is 0. The normalized spacial score (nSPS) is 11.2. The minimum Gasteiger partial charge on any atom is -0.309 e. The molecule has 2 radical (unpaired) electrons. The van der Waals surface area contributed by atoms with Crippen molar-refractivity contribution >= 4 is 35.1 Å². The van der Waals surface area contributed by atoms with Crippen LogP contribution in [0.25, 0.3) is 49.7 Å². The van der Waals surface area contributed by atoms with Gasteiger partial charge in [-0.05, 0) is 52.6 Å². The zero-order valence-electron chi connectivity index (χ0n) is 17.6. The summed E-state index contributed by atoms with van der Waals surface area (Å²) in [5.41, 5.74) is 8.94. The minimum absolute atomic E-state index is 0.769. The molecule has 0 N–H and O–H groups in total. The molecule has 0 aliphatic heterocycles. The molecule has 6 aromatic rings. The fourth-order valence-corrected chi connectivity index (χ4v) is 4.72. The Morgan fingerprint density at radius 1 is 0.500 bits per heavy atom. The van der Waals surface area contributed by atoms with Gasteiger partial charge in [0.1, 0.15) is 7.85 Å². The van der Waals surface area contributed by atoms with Gasteiger partial charge in [-0.25, -0.2) is 0 Å². The molecule has 32 heavy (non-hydrogen) atoms. The number of aromatic nitrogens is 1. The van der Waals surface area contributed by atoms with Crippen molar-refractivity contribution in [1.29, 1.82) is 0 Å². The topological polar surface area (TPSA) is 4.93 Å². The van der Waals surface area contributed by atoms with Crippen LogP contribution in [0.2, 0.25) is 0 Å². The SMILES string of the molecule is [B]c1cc(-c2ccccc2)cc(-c2cccc3c2c2ccccc2n3-c2ccccc2)c1. The Morgan fingerprint density at radius 3 is 1.97 bits per heavy atom. The first-order valence-electron chi connectivity index (χ1n) is 10.8. The highest BCUT2D eigenvalue weighted by atomic mass is 15.0. The van der Waals surface area contributed by atoms with Gasteiger partial charge in [0.2, 0.25) is 0 Å². The molecule has 0 amide bonds. The molecule has 0 aliphatic rings. The fourth-order valence-electron chi connectivity index (χ4n) is 4.72. The van der Waals surface area contributed by atoms with E-state index in [0.717, 1.165) is 22.3 Å². The Hall–Kier alpha value is -4.04. The maximum Gasteiger partial charge on any atom is 0.113 e. The van der Waals surface area contributed by atoms with E-state index in [9.17, 15) is 0 Å². The van der Waals surface area contributed by atoms with Gasteiger partial charge >= 0.3 is 0 Å². The molecule has 0 saturated carbocycles. The van der Waals surface area contributed by atoms with Crippen LogP contribution in [0.1, 0.15) is 0 Å². The summed E-state index contributed by atoms with van der Waals surface area (Å²) in [7, 11) is 6.38. The Balaban J connectivity index is 1.67. The summed E-state index contributed by atoms with van der Waals surface area (Å²) in [4.78, 5) is 0. The molecule has 148 valence electrons. The molecule has 0 aliphatic carbocycles. The quantitative estimate of drug-likeness (QED) is 0.282. The molecular formula is C30H20BN. The number of fused-ring (bicyclic) bond motifs is 3. The summed E-state index contributed by atoms with van der Waals surface area (Å²) in [5, 5.41) is 2.49. The molecule has 2 heteroatoms. The van der Waals surface area contributed by atoms with Crippen molar-refractivity contribution in [3.05, 3.63) is 121 Å². The van der Waals surface area contributed by atoms with Gasteiger partial charge in [-0.3, -0.25) is 0 Å².